The van der Waals surface area contributed by atoms with Crippen LogP contribution in [0.25, 0.3) is 0 Å². The molecule has 2 heterocycles. The molecule has 2 atom stereocenters. The molecule has 1 aromatic rings. The van der Waals surface area contributed by atoms with Crippen molar-refractivity contribution in [3.05, 3.63) is 22.0 Å². The van der Waals surface area contributed by atoms with E-state index >= 15 is 0 Å². The number of hydrogen-bond acceptors (Lipinski definition) is 5. The summed E-state index contributed by atoms with van der Waals surface area (Å²) >= 11 is 0. The Bertz CT molecular complexity index is 418. The van der Waals surface area contributed by atoms with Gasteiger partial charge in [0, 0.05) is 13.0 Å². The van der Waals surface area contributed by atoms with Crippen LogP contribution in [0, 0.1) is 10.1 Å². The van der Waals surface area contributed by atoms with Gasteiger partial charge in [-0.05, 0) is 12.8 Å². The molecule has 0 spiro atoms. The van der Waals surface area contributed by atoms with Crippen LogP contribution in [0.2, 0.25) is 0 Å². The van der Waals surface area contributed by atoms with Crippen molar-refractivity contribution in [1.82, 2.24) is 9.78 Å². The van der Waals surface area contributed by atoms with Crippen molar-refractivity contribution in [2.75, 3.05) is 13.2 Å². The molecule has 0 radical (unpaired) electrons. The SMILES string of the molecule is Cn1ncc([N+](=O)[O-])c1[C@H]1CC[C@@H](O)COC1. The van der Waals surface area contributed by atoms with E-state index in [0.717, 1.165) is 0 Å². The van der Waals surface area contributed by atoms with Crippen LogP contribution >= 0.6 is 0 Å². The van der Waals surface area contributed by atoms with E-state index < -0.39 is 11.0 Å². The van der Waals surface area contributed by atoms with Gasteiger partial charge in [-0.15, -0.1) is 0 Å². The number of aliphatic hydroxyl groups excluding tert-OH is 1. The van der Waals surface area contributed by atoms with E-state index in [4.69, 9.17) is 4.74 Å². The second-order valence-electron chi connectivity index (χ2n) is 4.26. The fraction of sp³-hybridized carbons (Fsp3) is 0.700. The highest BCUT2D eigenvalue weighted by atomic mass is 16.6. The summed E-state index contributed by atoms with van der Waals surface area (Å²) in [6.07, 6.45) is 2.04. The molecule has 1 aliphatic rings. The summed E-state index contributed by atoms with van der Waals surface area (Å²) in [6, 6.07) is 0. The molecule has 0 unspecified atom stereocenters. The molecule has 7 heteroatoms. The Morgan fingerprint density at radius 1 is 1.59 bits per heavy atom. The molecular formula is C10H15N3O4. The van der Waals surface area contributed by atoms with Crippen molar-refractivity contribution in [2.24, 2.45) is 7.05 Å². The minimum atomic E-state index is -0.479. The largest absolute Gasteiger partial charge is 0.391 e. The van der Waals surface area contributed by atoms with Gasteiger partial charge < -0.3 is 9.84 Å². The Balaban J connectivity index is 2.26. The molecule has 0 bridgehead atoms. The molecule has 0 aromatic carbocycles. The van der Waals surface area contributed by atoms with Crippen LogP contribution < -0.4 is 0 Å². The average Bonchev–Trinajstić information content (AvgIpc) is 2.52. The molecule has 2 rings (SSSR count). The van der Waals surface area contributed by atoms with Gasteiger partial charge in [-0.3, -0.25) is 14.8 Å². The monoisotopic (exact) mass is 241 g/mol. The number of ether oxygens (including phenoxy) is 1. The van der Waals surface area contributed by atoms with E-state index in [1.807, 2.05) is 0 Å². The van der Waals surface area contributed by atoms with E-state index in [1.54, 1.807) is 7.05 Å². The molecule has 1 fully saturated rings. The smallest absolute Gasteiger partial charge is 0.310 e. The predicted molar refractivity (Wildman–Crippen MR) is 58.7 cm³/mol. The lowest BCUT2D eigenvalue weighted by Gasteiger charge is -2.13. The zero-order valence-corrected chi connectivity index (χ0v) is 9.57. The lowest BCUT2D eigenvalue weighted by molar-refractivity contribution is -0.385. The third-order valence-electron chi connectivity index (χ3n) is 3.03. The molecule has 0 saturated carbocycles. The number of aryl methyl sites for hydroxylation is 1. The van der Waals surface area contributed by atoms with Crippen LogP contribution in [0.4, 0.5) is 5.69 Å². The van der Waals surface area contributed by atoms with Gasteiger partial charge in [-0.2, -0.15) is 5.10 Å². The van der Waals surface area contributed by atoms with Gasteiger partial charge in [0.1, 0.15) is 11.9 Å². The lowest BCUT2D eigenvalue weighted by atomic mass is 9.98. The Labute approximate surface area is 98.1 Å². The second kappa shape index (κ2) is 4.80. The summed E-state index contributed by atoms with van der Waals surface area (Å²) in [5, 5.41) is 24.3. The van der Waals surface area contributed by atoms with Crippen LogP contribution in [-0.4, -0.2) is 39.1 Å². The highest BCUT2D eigenvalue weighted by Crippen LogP contribution is 2.31. The summed E-state index contributed by atoms with van der Waals surface area (Å²) < 4.78 is 6.84. The van der Waals surface area contributed by atoms with Crippen molar-refractivity contribution in [3.63, 3.8) is 0 Å². The van der Waals surface area contributed by atoms with Crippen LogP contribution in [0.1, 0.15) is 24.5 Å². The first-order chi connectivity index (χ1) is 8.09. The molecule has 1 aliphatic heterocycles. The molecule has 7 nitrogen and oxygen atoms in total. The standard InChI is InChI=1S/C10H15N3O4/c1-12-10(9(4-11-12)13(15)16)7-2-3-8(14)6-17-5-7/h4,7-8,14H,2-3,5-6H2,1H3/t7-,8+/m0/s1. The Morgan fingerprint density at radius 2 is 2.35 bits per heavy atom. The maximum absolute atomic E-state index is 10.9. The van der Waals surface area contributed by atoms with Gasteiger partial charge in [0.15, 0.2) is 0 Å². The average molecular weight is 241 g/mol. The minimum absolute atomic E-state index is 0.0255. The van der Waals surface area contributed by atoms with Crippen molar-refractivity contribution in [1.29, 1.82) is 0 Å². The molecule has 94 valence electrons. The van der Waals surface area contributed by atoms with Crippen LogP contribution in [0.5, 0.6) is 0 Å². The highest BCUT2D eigenvalue weighted by molar-refractivity contribution is 5.36. The first-order valence-electron chi connectivity index (χ1n) is 5.51. The topological polar surface area (TPSA) is 90.4 Å². The van der Waals surface area contributed by atoms with Gasteiger partial charge in [0.05, 0.1) is 24.2 Å². The zero-order chi connectivity index (χ0) is 12.4. The molecule has 17 heavy (non-hydrogen) atoms. The third kappa shape index (κ3) is 2.45. The van der Waals surface area contributed by atoms with Gasteiger partial charge >= 0.3 is 5.69 Å². The summed E-state index contributed by atoms with van der Waals surface area (Å²) in [5.74, 6) is -0.0833. The van der Waals surface area contributed by atoms with Gasteiger partial charge in [0.25, 0.3) is 0 Å². The molecule has 1 saturated heterocycles. The number of aromatic nitrogens is 2. The molecule has 1 N–H and O–H groups in total. The minimum Gasteiger partial charge on any atom is -0.391 e. The van der Waals surface area contributed by atoms with Crippen LogP contribution in [0.3, 0.4) is 0 Å². The number of nitrogens with zero attached hydrogens (tertiary/aromatic N) is 3. The Hall–Kier alpha value is -1.47. The van der Waals surface area contributed by atoms with Gasteiger partial charge in [0.2, 0.25) is 0 Å². The lowest BCUT2D eigenvalue weighted by Crippen LogP contribution is -2.12. The summed E-state index contributed by atoms with van der Waals surface area (Å²) in [5.41, 5.74) is 0.599. The van der Waals surface area contributed by atoms with E-state index in [-0.39, 0.29) is 11.6 Å². The molecule has 0 aliphatic carbocycles. The van der Waals surface area contributed by atoms with Crippen LogP contribution in [-0.2, 0) is 11.8 Å². The highest BCUT2D eigenvalue weighted by Gasteiger charge is 2.29. The van der Waals surface area contributed by atoms with E-state index in [9.17, 15) is 15.2 Å². The second-order valence-corrected chi connectivity index (χ2v) is 4.26. The fourth-order valence-electron chi connectivity index (χ4n) is 2.17. The zero-order valence-electron chi connectivity index (χ0n) is 9.57. The maximum atomic E-state index is 10.9. The summed E-state index contributed by atoms with van der Waals surface area (Å²) in [4.78, 5) is 10.5. The van der Waals surface area contributed by atoms with E-state index in [0.29, 0.717) is 31.7 Å². The van der Waals surface area contributed by atoms with Crippen molar-refractivity contribution in [2.45, 2.75) is 24.9 Å². The Morgan fingerprint density at radius 3 is 3.06 bits per heavy atom. The molecule has 0 amide bonds. The quantitative estimate of drug-likeness (QED) is 0.604. The van der Waals surface area contributed by atoms with Crippen LogP contribution in [0.15, 0.2) is 6.20 Å². The first-order valence-corrected chi connectivity index (χ1v) is 5.51. The Kier molecular flexibility index (Phi) is 3.39. The maximum Gasteiger partial charge on any atom is 0.310 e. The summed E-state index contributed by atoms with van der Waals surface area (Å²) in [6.45, 7) is 0.680. The number of rotatable bonds is 2. The van der Waals surface area contributed by atoms with Crippen molar-refractivity contribution in [3.8, 4) is 0 Å². The fourth-order valence-corrected chi connectivity index (χ4v) is 2.17. The molecular weight excluding hydrogens is 226 g/mol. The number of aliphatic hydroxyl groups is 1. The number of hydrogen-bond donors (Lipinski definition) is 1. The summed E-state index contributed by atoms with van der Waals surface area (Å²) in [7, 11) is 1.68. The third-order valence-corrected chi connectivity index (χ3v) is 3.03. The molecule has 1 aromatic heterocycles. The normalized spacial score (nSPS) is 25.5. The van der Waals surface area contributed by atoms with Gasteiger partial charge in [-0.1, -0.05) is 0 Å². The van der Waals surface area contributed by atoms with E-state index in [2.05, 4.69) is 5.10 Å². The van der Waals surface area contributed by atoms with E-state index in [1.165, 1.54) is 10.9 Å². The van der Waals surface area contributed by atoms with Crippen molar-refractivity contribution < 1.29 is 14.8 Å². The number of nitro groups is 1. The predicted octanol–water partition coefficient (Wildman–Crippen LogP) is 0.583. The van der Waals surface area contributed by atoms with Crippen molar-refractivity contribution >= 4 is 5.69 Å². The van der Waals surface area contributed by atoms with Gasteiger partial charge in [-0.25, -0.2) is 0 Å². The first kappa shape index (κ1) is 12.0.